The van der Waals surface area contributed by atoms with Crippen LogP contribution in [0.3, 0.4) is 0 Å². The van der Waals surface area contributed by atoms with Gasteiger partial charge in [0.15, 0.2) is 0 Å². The summed E-state index contributed by atoms with van der Waals surface area (Å²) in [7, 11) is 4.09. The number of nitrogens with zero attached hydrogens (tertiary/aromatic N) is 3. The van der Waals surface area contributed by atoms with E-state index in [-0.39, 0.29) is 0 Å². The van der Waals surface area contributed by atoms with Gasteiger partial charge >= 0.3 is 0 Å². The minimum Gasteiger partial charge on any atom is -0.301 e. The lowest BCUT2D eigenvalue weighted by Gasteiger charge is -2.19. The zero-order valence-corrected chi connectivity index (χ0v) is 7.20. The van der Waals surface area contributed by atoms with Crippen molar-refractivity contribution in [3.8, 4) is 0 Å². The molecule has 0 amide bonds. The van der Waals surface area contributed by atoms with Crippen LogP contribution in [0, 0.1) is 0 Å². The van der Waals surface area contributed by atoms with E-state index in [9.17, 15) is 0 Å². The molecule has 1 aromatic rings. The van der Waals surface area contributed by atoms with Gasteiger partial charge in [-0.15, -0.1) is 0 Å². The number of hydrogen-bond acceptors (Lipinski definition) is 3. The smallest absolute Gasteiger partial charge is 0.0995 e. The van der Waals surface area contributed by atoms with Gasteiger partial charge in [-0.25, -0.2) is 0 Å². The number of aromatic nitrogens is 3. The summed E-state index contributed by atoms with van der Waals surface area (Å²) in [5.74, 6) is 0. The van der Waals surface area contributed by atoms with Crippen LogP contribution in [-0.2, 0) is 0 Å². The molecule has 1 atom stereocenters. The highest BCUT2D eigenvalue weighted by Crippen LogP contribution is 2.17. The van der Waals surface area contributed by atoms with Crippen LogP contribution in [-0.4, -0.2) is 34.4 Å². The van der Waals surface area contributed by atoms with E-state index in [0.717, 1.165) is 12.1 Å². The highest BCUT2D eigenvalue weighted by atomic mass is 15.3. The van der Waals surface area contributed by atoms with Crippen LogP contribution in [0.5, 0.6) is 0 Å². The van der Waals surface area contributed by atoms with Crippen LogP contribution >= 0.6 is 0 Å². The SMILES string of the molecule is CCC(c1cn[nH]n1)N(C)C. The standard InChI is InChI=1S/C7H14N4/c1-4-7(11(2)3)6-5-8-10-9-6/h5,7H,4H2,1-3H3,(H,8,9,10). The summed E-state index contributed by atoms with van der Waals surface area (Å²) in [6, 6.07) is 0.383. The van der Waals surface area contributed by atoms with E-state index in [1.807, 2.05) is 14.1 Å². The van der Waals surface area contributed by atoms with Crippen LogP contribution in [0.4, 0.5) is 0 Å². The Morgan fingerprint density at radius 2 is 2.36 bits per heavy atom. The molecule has 1 unspecified atom stereocenters. The predicted octanol–water partition coefficient (Wildman–Crippen LogP) is 0.817. The maximum atomic E-state index is 4.03. The number of nitrogens with one attached hydrogen (secondary N) is 1. The van der Waals surface area contributed by atoms with Gasteiger partial charge in [0.2, 0.25) is 0 Å². The Morgan fingerprint density at radius 1 is 1.64 bits per heavy atom. The summed E-state index contributed by atoms with van der Waals surface area (Å²) < 4.78 is 0. The molecule has 0 aliphatic heterocycles. The van der Waals surface area contributed by atoms with Gasteiger partial charge in [0.1, 0.15) is 0 Å². The zero-order chi connectivity index (χ0) is 8.27. The van der Waals surface area contributed by atoms with Crippen molar-refractivity contribution in [2.45, 2.75) is 19.4 Å². The molecule has 0 aliphatic rings. The van der Waals surface area contributed by atoms with E-state index in [0.29, 0.717) is 6.04 Å². The number of H-pyrrole nitrogens is 1. The molecule has 0 saturated heterocycles. The molecule has 1 N–H and O–H groups in total. The Morgan fingerprint density at radius 3 is 2.73 bits per heavy atom. The molecular weight excluding hydrogens is 140 g/mol. The Balaban J connectivity index is 2.71. The molecular formula is C7H14N4. The van der Waals surface area contributed by atoms with Crippen molar-refractivity contribution >= 4 is 0 Å². The van der Waals surface area contributed by atoms with Crippen LogP contribution in [0.25, 0.3) is 0 Å². The van der Waals surface area contributed by atoms with E-state index in [1.54, 1.807) is 6.20 Å². The normalized spacial score (nSPS) is 13.8. The summed E-state index contributed by atoms with van der Waals surface area (Å²) in [6.45, 7) is 2.14. The van der Waals surface area contributed by atoms with Crippen molar-refractivity contribution in [2.24, 2.45) is 0 Å². The molecule has 4 heteroatoms. The van der Waals surface area contributed by atoms with Crippen LogP contribution < -0.4 is 0 Å². The molecule has 0 radical (unpaired) electrons. The van der Waals surface area contributed by atoms with Crippen LogP contribution in [0.15, 0.2) is 6.20 Å². The fourth-order valence-corrected chi connectivity index (χ4v) is 1.21. The topological polar surface area (TPSA) is 44.8 Å². The first kappa shape index (κ1) is 8.20. The second-order valence-corrected chi connectivity index (χ2v) is 2.78. The van der Waals surface area contributed by atoms with Crippen molar-refractivity contribution in [2.75, 3.05) is 14.1 Å². The van der Waals surface area contributed by atoms with Gasteiger partial charge in [-0.2, -0.15) is 15.4 Å². The fraction of sp³-hybridized carbons (Fsp3) is 0.714. The third-order valence-electron chi connectivity index (χ3n) is 1.79. The average molecular weight is 154 g/mol. The molecule has 0 aromatic carbocycles. The van der Waals surface area contributed by atoms with Gasteiger partial charge in [-0.05, 0) is 20.5 Å². The van der Waals surface area contributed by atoms with Gasteiger partial charge in [-0.3, -0.25) is 0 Å². The Labute approximate surface area is 66.6 Å². The molecule has 1 aromatic heterocycles. The molecule has 0 saturated carbocycles. The molecule has 1 rings (SSSR count). The summed E-state index contributed by atoms with van der Waals surface area (Å²) in [5.41, 5.74) is 1.01. The van der Waals surface area contributed by atoms with E-state index in [1.165, 1.54) is 0 Å². The van der Waals surface area contributed by atoms with Gasteiger partial charge < -0.3 is 4.90 Å². The molecule has 0 aliphatic carbocycles. The van der Waals surface area contributed by atoms with E-state index < -0.39 is 0 Å². The van der Waals surface area contributed by atoms with Crippen molar-refractivity contribution < 1.29 is 0 Å². The summed E-state index contributed by atoms with van der Waals surface area (Å²) >= 11 is 0. The molecule has 0 bridgehead atoms. The lowest BCUT2D eigenvalue weighted by molar-refractivity contribution is 0.286. The lowest BCUT2D eigenvalue weighted by Crippen LogP contribution is -2.19. The summed E-state index contributed by atoms with van der Waals surface area (Å²) in [6.07, 6.45) is 2.83. The van der Waals surface area contributed by atoms with E-state index in [2.05, 4.69) is 27.2 Å². The zero-order valence-electron chi connectivity index (χ0n) is 7.20. The monoisotopic (exact) mass is 154 g/mol. The van der Waals surface area contributed by atoms with Gasteiger partial charge in [0.05, 0.1) is 17.9 Å². The third kappa shape index (κ3) is 1.77. The second-order valence-electron chi connectivity index (χ2n) is 2.78. The number of aromatic amines is 1. The van der Waals surface area contributed by atoms with Crippen molar-refractivity contribution in [1.29, 1.82) is 0 Å². The molecule has 1 heterocycles. The number of hydrogen-bond donors (Lipinski definition) is 1. The first-order chi connectivity index (χ1) is 5.25. The van der Waals surface area contributed by atoms with Crippen molar-refractivity contribution in [3.05, 3.63) is 11.9 Å². The first-order valence-corrected chi connectivity index (χ1v) is 3.77. The Bertz CT molecular complexity index is 192. The summed E-state index contributed by atoms with van der Waals surface area (Å²) in [5, 5.41) is 10.4. The quantitative estimate of drug-likeness (QED) is 0.701. The number of rotatable bonds is 3. The molecule has 11 heavy (non-hydrogen) atoms. The molecule has 0 fully saturated rings. The Kier molecular flexibility index (Phi) is 2.59. The van der Waals surface area contributed by atoms with Crippen LogP contribution in [0.2, 0.25) is 0 Å². The van der Waals surface area contributed by atoms with Crippen molar-refractivity contribution in [3.63, 3.8) is 0 Å². The van der Waals surface area contributed by atoms with Gasteiger partial charge in [0, 0.05) is 0 Å². The largest absolute Gasteiger partial charge is 0.301 e. The minimum atomic E-state index is 0.383. The summed E-state index contributed by atoms with van der Waals surface area (Å²) in [4.78, 5) is 2.14. The highest BCUT2D eigenvalue weighted by Gasteiger charge is 2.13. The maximum Gasteiger partial charge on any atom is 0.0995 e. The third-order valence-corrected chi connectivity index (χ3v) is 1.79. The van der Waals surface area contributed by atoms with E-state index >= 15 is 0 Å². The lowest BCUT2D eigenvalue weighted by atomic mass is 10.1. The van der Waals surface area contributed by atoms with Gasteiger partial charge in [0.25, 0.3) is 0 Å². The molecule has 4 nitrogen and oxygen atoms in total. The fourth-order valence-electron chi connectivity index (χ4n) is 1.21. The van der Waals surface area contributed by atoms with E-state index in [4.69, 9.17) is 0 Å². The Hall–Kier alpha value is -0.900. The maximum absolute atomic E-state index is 4.03. The molecule has 62 valence electrons. The van der Waals surface area contributed by atoms with Crippen molar-refractivity contribution in [1.82, 2.24) is 20.3 Å². The highest BCUT2D eigenvalue weighted by molar-refractivity contribution is 4.98. The van der Waals surface area contributed by atoms with Gasteiger partial charge in [-0.1, -0.05) is 6.92 Å². The van der Waals surface area contributed by atoms with Crippen LogP contribution in [0.1, 0.15) is 25.1 Å². The average Bonchev–Trinajstić information content (AvgIpc) is 2.40. The second kappa shape index (κ2) is 3.48. The minimum absolute atomic E-state index is 0.383. The molecule has 0 spiro atoms. The first-order valence-electron chi connectivity index (χ1n) is 3.77. The predicted molar refractivity (Wildman–Crippen MR) is 43.1 cm³/mol.